The van der Waals surface area contributed by atoms with E-state index in [2.05, 4.69) is 18.7 Å². The first-order valence-corrected chi connectivity index (χ1v) is 9.64. The number of nitrogens with zero attached hydrogens (tertiary/aromatic N) is 2. The first-order chi connectivity index (χ1) is 10.3. The third kappa shape index (κ3) is 3.19. The number of sulfonamides is 1. The molecule has 0 bridgehead atoms. The summed E-state index contributed by atoms with van der Waals surface area (Å²) in [5.41, 5.74) is 0.496. The zero-order chi connectivity index (χ0) is 16.5. The van der Waals surface area contributed by atoms with Gasteiger partial charge in [0.2, 0.25) is 0 Å². The van der Waals surface area contributed by atoms with Crippen molar-refractivity contribution >= 4 is 27.3 Å². The van der Waals surface area contributed by atoms with E-state index >= 15 is 0 Å². The van der Waals surface area contributed by atoms with E-state index in [4.69, 9.17) is 5.11 Å². The van der Waals surface area contributed by atoms with Crippen molar-refractivity contribution in [2.24, 2.45) is 0 Å². The zero-order valence-corrected chi connectivity index (χ0v) is 14.7. The Balaban J connectivity index is 2.22. The Morgan fingerprint density at radius 2 is 2.09 bits per heavy atom. The molecule has 0 spiro atoms. The molecule has 1 atom stereocenters. The maximum atomic E-state index is 12.7. The van der Waals surface area contributed by atoms with Gasteiger partial charge in [-0.25, -0.2) is 13.2 Å². The first-order valence-electron chi connectivity index (χ1n) is 7.39. The van der Waals surface area contributed by atoms with E-state index in [1.54, 1.807) is 6.92 Å². The van der Waals surface area contributed by atoms with Gasteiger partial charge in [0.25, 0.3) is 10.0 Å². The molecule has 1 aliphatic rings. The van der Waals surface area contributed by atoms with Crippen LogP contribution in [0.1, 0.15) is 35.5 Å². The maximum absolute atomic E-state index is 12.7. The fourth-order valence-electron chi connectivity index (χ4n) is 2.89. The van der Waals surface area contributed by atoms with Gasteiger partial charge in [-0.05, 0) is 38.1 Å². The van der Waals surface area contributed by atoms with Crippen molar-refractivity contribution in [2.75, 3.05) is 26.2 Å². The summed E-state index contributed by atoms with van der Waals surface area (Å²) in [4.78, 5) is 13.5. The third-order valence-electron chi connectivity index (χ3n) is 4.14. The minimum Gasteiger partial charge on any atom is -0.477 e. The predicted octanol–water partition coefficient (Wildman–Crippen LogP) is 1.86. The molecule has 0 radical (unpaired) electrons. The lowest BCUT2D eigenvalue weighted by Crippen LogP contribution is -2.38. The fraction of sp³-hybridized carbons (Fsp3) is 0.643. The van der Waals surface area contributed by atoms with Crippen LogP contribution in [0.5, 0.6) is 0 Å². The third-order valence-corrected chi connectivity index (χ3v) is 7.68. The molecule has 0 unspecified atom stereocenters. The molecule has 2 rings (SSSR count). The molecule has 1 saturated heterocycles. The summed E-state index contributed by atoms with van der Waals surface area (Å²) < 4.78 is 27.0. The Morgan fingerprint density at radius 1 is 1.45 bits per heavy atom. The number of rotatable bonds is 6. The van der Waals surface area contributed by atoms with E-state index < -0.39 is 16.0 Å². The highest BCUT2D eigenvalue weighted by Crippen LogP contribution is 2.31. The van der Waals surface area contributed by atoms with E-state index in [1.807, 2.05) is 0 Å². The molecule has 1 N–H and O–H groups in total. The van der Waals surface area contributed by atoms with Crippen LogP contribution < -0.4 is 0 Å². The van der Waals surface area contributed by atoms with Crippen molar-refractivity contribution in [3.8, 4) is 0 Å². The van der Waals surface area contributed by atoms with Crippen molar-refractivity contribution in [2.45, 2.75) is 37.4 Å². The number of carboxylic acid groups (broad SMARTS) is 1. The molecule has 1 aromatic rings. The molecular weight excluding hydrogens is 324 g/mol. The van der Waals surface area contributed by atoms with Crippen LogP contribution in [-0.2, 0) is 10.0 Å². The SMILES string of the molecule is CCN(CC)[C@@H]1CCN(S(=O)(=O)c2cc(C)c(C(=O)O)s2)C1. The summed E-state index contributed by atoms with van der Waals surface area (Å²) in [6.07, 6.45) is 0.817. The summed E-state index contributed by atoms with van der Waals surface area (Å²) in [5, 5.41) is 9.08. The van der Waals surface area contributed by atoms with Crippen LogP contribution >= 0.6 is 11.3 Å². The number of aromatic carboxylic acids is 1. The van der Waals surface area contributed by atoms with Gasteiger partial charge in [-0.3, -0.25) is 4.90 Å². The first kappa shape index (κ1) is 17.4. The van der Waals surface area contributed by atoms with E-state index in [9.17, 15) is 13.2 Å². The monoisotopic (exact) mass is 346 g/mol. The highest BCUT2D eigenvalue weighted by Gasteiger charge is 2.35. The van der Waals surface area contributed by atoms with Gasteiger partial charge in [-0.1, -0.05) is 13.8 Å². The number of likely N-dealkylation sites (N-methyl/N-ethyl adjacent to an activating group) is 1. The Hall–Kier alpha value is -0.960. The standard InChI is InChI=1S/C14H22N2O4S2/c1-4-15(5-2)11-6-7-16(9-11)22(19,20)12-8-10(3)13(21-12)14(17)18/h8,11H,4-7,9H2,1-3H3,(H,17,18)/t11-/m1/s1. The van der Waals surface area contributed by atoms with Gasteiger partial charge in [0.15, 0.2) is 0 Å². The van der Waals surface area contributed by atoms with E-state index in [1.165, 1.54) is 10.4 Å². The Kier molecular flexibility index (Phi) is 5.26. The van der Waals surface area contributed by atoms with Crippen LogP contribution in [0.4, 0.5) is 0 Å². The number of thiophene rings is 1. The highest BCUT2D eigenvalue weighted by molar-refractivity contribution is 7.91. The molecule has 0 amide bonds. The van der Waals surface area contributed by atoms with Gasteiger partial charge in [-0.2, -0.15) is 4.31 Å². The molecule has 6 nitrogen and oxygen atoms in total. The van der Waals surface area contributed by atoms with E-state index in [-0.39, 0.29) is 15.1 Å². The van der Waals surface area contributed by atoms with Gasteiger partial charge in [0.05, 0.1) is 0 Å². The lowest BCUT2D eigenvalue weighted by atomic mass is 10.2. The van der Waals surface area contributed by atoms with Gasteiger partial charge in [-0.15, -0.1) is 11.3 Å². The van der Waals surface area contributed by atoms with Crippen LogP contribution in [0, 0.1) is 6.92 Å². The van der Waals surface area contributed by atoms with Crippen LogP contribution in [0.25, 0.3) is 0 Å². The van der Waals surface area contributed by atoms with Gasteiger partial charge in [0.1, 0.15) is 9.09 Å². The summed E-state index contributed by atoms with van der Waals surface area (Å²) in [5.74, 6) is -1.08. The molecule has 0 aromatic carbocycles. The van der Waals surface area contributed by atoms with Crippen LogP contribution in [0.3, 0.4) is 0 Å². The lowest BCUT2D eigenvalue weighted by molar-refractivity contribution is 0.0701. The topological polar surface area (TPSA) is 77.9 Å². The number of carboxylic acids is 1. The smallest absolute Gasteiger partial charge is 0.346 e. The highest BCUT2D eigenvalue weighted by atomic mass is 32.2. The van der Waals surface area contributed by atoms with Crippen molar-refractivity contribution in [1.29, 1.82) is 0 Å². The zero-order valence-electron chi connectivity index (χ0n) is 13.1. The van der Waals surface area contributed by atoms with Crippen molar-refractivity contribution in [1.82, 2.24) is 9.21 Å². The Morgan fingerprint density at radius 3 is 2.59 bits per heavy atom. The normalized spacial score (nSPS) is 19.9. The molecule has 0 aliphatic carbocycles. The number of carbonyl (C=O) groups is 1. The van der Waals surface area contributed by atoms with E-state index in [0.717, 1.165) is 30.8 Å². The van der Waals surface area contributed by atoms with Gasteiger partial charge >= 0.3 is 5.97 Å². The number of hydrogen-bond acceptors (Lipinski definition) is 5. The Bertz CT molecular complexity index is 650. The molecule has 124 valence electrons. The second kappa shape index (κ2) is 6.66. The van der Waals surface area contributed by atoms with Gasteiger partial charge in [0, 0.05) is 19.1 Å². The number of aryl methyl sites for hydroxylation is 1. The second-order valence-corrected chi connectivity index (χ2v) is 8.63. The quantitative estimate of drug-likeness (QED) is 0.851. The molecule has 1 fully saturated rings. The molecule has 8 heteroatoms. The van der Waals surface area contributed by atoms with Gasteiger partial charge < -0.3 is 5.11 Å². The molecule has 22 heavy (non-hydrogen) atoms. The summed E-state index contributed by atoms with van der Waals surface area (Å²) in [6.45, 7) is 8.53. The minimum atomic E-state index is -3.59. The lowest BCUT2D eigenvalue weighted by Gasteiger charge is -2.25. The average Bonchev–Trinajstić information content (AvgIpc) is 3.07. The second-order valence-electron chi connectivity index (χ2n) is 5.41. The molecule has 1 aliphatic heterocycles. The fourth-order valence-corrected chi connectivity index (χ4v) is 5.91. The summed E-state index contributed by atoms with van der Waals surface area (Å²) in [6, 6.07) is 1.71. The molecule has 2 heterocycles. The predicted molar refractivity (Wildman–Crippen MR) is 86.1 cm³/mol. The van der Waals surface area contributed by atoms with Crippen LogP contribution in [0.15, 0.2) is 10.3 Å². The van der Waals surface area contributed by atoms with Crippen LogP contribution in [0.2, 0.25) is 0 Å². The largest absolute Gasteiger partial charge is 0.477 e. The maximum Gasteiger partial charge on any atom is 0.346 e. The van der Waals surface area contributed by atoms with E-state index in [0.29, 0.717) is 18.7 Å². The van der Waals surface area contributed by atoms with Crippen LogP contribution in [-0.4, -0.2) is 60.9 Å². The molecule has 1 aromatic heterocycles. The summed E-state index contributed by atoms with van der Waals surface area (Å²) >= 11 is 0.840. The minimum absolute atomic E-state index is 0.0954. The Labute approximate surface area is 135 Å². The van der Waals surface area contributed by atoms with Crippen molar-refractivity contribution < 1.29 is 18.3 Å². The van der Waals surface area contributed by atoms with Crippen molar-refractivity contribution in [3.63, 3.8) is 0 Å². The average molecular weight is 346 g/mol. The summed E-state index contributed by atoms with van der Waals surface area (Å²) in [7, 11) is -3.59. The number of hydrogen-bond donors (Lipinski definition) is 1. The molecule has 0 saturated carbocycles. The van der Waals surface area contributed by atoms with Crippen molar-refractivity contribution in [3.05, 3.63) is 16.5 Å². The molecular formula is C14H22N2O4S2.